The molecule has 0 fully saturated rings. The van der Waals surface area contributed by atoms with E-state index < -0.39 is 0 Å². The Morgan fingerprint density at radius 1 is 1.40 bits per heavy atom. The van der Waals surface area contributed by atoms with Gasteiger partial charge in [0.15, 0.2) is 0 Å². The van der Waals surface area contributed by atoms with Crippen LogP contribution >= 0.6 is 0 Å². The summed E-state index contributed by atoms with van der Waals surface area (Å²) in [6.45, 7) is 6.19. The Balaban J connectivity index is 2.56. The standard InChI is InChI=1S/C13H18NO/c1-4-11(3)15-14-10-13-8-6-7-12(5-2)9-13/h6-9,11H,4-5H2,1-3H3. The Hall–Kier alpha value is -1.31. The maximum Gasteiger partial charge on any atom is 0.139 e. The minimum atomic E-state index is 0.159. The molecule has 0 N–H and O–H groups in total. The van der Waals surface area contributed by atoms with Gasteiger partial charge in [-0.1, -0.05) is 37.2 Å². The third-order valence-corrected chi connectivity index (χ3v) is 2.32. The molecule has 1 radical (unpaired) electrons. The second-order valence-electron chi connectivity index (χ2n) is 3.58. The van der Waals surface area contributed by atoms with Gasteiger partial charge < -0.3 is 4.84 Å². The Kier molecular flexibility index (Phi) is 4.88. The molecule has 15 heavy (non-hydrogen) atoms. The lowest BCUT2D eigenvalue weighted by Crippen LogP contribution is -2.01. The van der Waals surface area contributed by atoms with Gasteiger partial charge in [0, 0.05) is 5.56 Å². The fourth-order valence-corrected chi connectivity index (χ4v) is 1.10. The van der Waals surface area contributed by atoms with E-state index in [2.05, 4.69) is 37.4 Å². The van der Waals surface area contributed by atoms with Crippen LogP contribution < -0.4 is 0 Å². The summed E-state index contributed by atoms with van der Waals surface area (Å²) < 4.78 is 0. The van der Waals surface area contributed by atoms with Crippen molar-refractivity contribution in [1.82, 2.24) is 0 Å². The zero-order chi connectivity index (χ0) is 11.1. The van der Waals surface area contributed by atoms with Gasteiger partial charge in [-0.25, -0.2) is 0 Å². The van der Waals surface area contributed by atoms with Gasteiger partial charge in [-0.05, 0) is 31.4 Å². The van der Waals surface area contributed by atoms with Crippen molar-refractivity contribution < 1.29 is 4.84 Å². The summed E-state index contributed by atoms with van der Waals surface area (Å²) in [6, 6.07) is 8.16. The van der Waals surface area contributed by atoms with Crippen LogP contribution in [0.2, 0.25) is 0 Å². The molecule has 0 aliphatic rings. The normalized spacial score (nSPS) is 13.0. The van der Waals surface area contributed by atoms with Gasteiger partial charge in [0.05, 0.1) is 0 Å². The summed E-state index contributed by atoms with van der Waals surface area (Å²) >= 11 is 0. The van der Waals surface area contributed by atoms with Crippen molar-refractivity contribution >= 4 is 6.21 Å². The number of aryl methyl sites for hydroxylation is 1. The fraction of sp³-hybridized carbons (Fsp3) is 0.462. The molecule has 1 atom stereocenters. The molecule has 0 heterocycles. The summed E-state index contributed by atoms with van der Waals surface area (Å²) in [5.74, 6) is 0. The molecule has 0 aliphatic heterocycles. The Morgan fingerprint density at radius 2 is 2.20 bits per heavy atom. The molecule has 0 aliphatic carbocycles. The van der Waals surface area contributed by atoms with Gasteiger partial charge in [-0.3, -0.25) is 0 Å². The monoisotopic (exact) mass is 204 g/mol. The molecule has 0 bridgehead atoms. The van der Waals surface area contributed by atoms with Crippen LogP contribution in [0.25, 0.3) is 0 Å². The lowest BCUT2D eigenvalue weighted by atomic mass is 10.1. The van der Waals surface area contributed by atoms with E-state index in [4.69, 9.17) is 4.84 Å². The van der Waals surface area contributed by atoms with E-state index in [1.54, 1.807) is 0 Å². The van der Waals surface area contributed by atoms with E-state index in [0.717, 1.165) is 18.4 Å². The number of benzene rings is 1. The molecule has 1 unspecified atom stereocenters. The molecule has 2 nitrogen and oxygen atoms in total. The first-order chi connectivity index (χ1) is 7.26. The van der Waals surface area contributed by atoms with Crippen LogP contribution in [0.15, 0.2) is 29.4 Å². The van der Waals surface area contributed by atoms with Gasteiger partial charge >= 0.3 is 0 Å². The molecular formula is C13H18NO. The van der Waals surface area contributed by atoms with Crippen LogP contribution in [0.1, 0.15) is 38.3 Å². The minimum Gasteiger partial charge on any atom is -0.392 e. The first-order valence-corrected chi connectivity index (χ1v) is 5.47. The average Bonchev–Trinajstić information content (AvgIpc) is 2.29. The van der Waals surface area contributed by atoms with Gasteiger partial charge in [-0.2, -0.15) is 0 Å². The van der Waals surface area contributed by atoms with Crippen molar-refractivity contribution in [3.05, 3.63) is 35.4 Å². The zero-order valence-corrected chi connectivity index (χ0v) is 9.66. The average molecular weight is 204 g/mol. The molecule has 0 aromatic heterocycles. The van der Waals surface area contributed by atoms with Gasteiger partial charge in [0.2, 0.25) is 0 Å². The predicted octanol–water partition coefficient (Wildman–Crippen LogP) is 3.28. The molecule has 0 saturated heterocycles. The molecule has 0 spiro atoms. The largest absolute Gasteiger partial charge is 0.392 e. The number of rotatable bonds is 5. The van der Waals surface area contributed by atoms with E-state index in [1.807, 2.05) is 19.1 Å². The summed E-state index contributed by atoms with van der Waals surface area (Å²) in [5, 5.41) is 3.84. The van der Waals surface area contributed by atoms with E-state index in [9.17, 15) is 0 Å². The maximum absolute atomic E-state index is 5.18. The second-order valence-corrected chi connectivity index (χ2v) is 3.58. The highest BCUT2D eigenvalue weighted by atomic mass is 16.6. The molecule has 1 rings (SSSR count). The summed E-state index contributed by atoms with van der Waals surface area (Å²) in [7, 11) is 0. The summed E-state index contributed by atoms with van der Waals surface area (Å²) in [4.78, 5) is 5.18. The second kappa shape index (κ2) is 6.23. The number of hydrogen-bond donors (Lipinski definition) is 0. The number of nitrogens with zero attached hydrogens (tertiary/aromatic N) is 1. The Morgan fingerprint density at radius 3 is 2.87 bits per heavy atom. The SMILES string of the molecule is CCc1cccc(/[C]=N/OC(C)CC)c1. The lowest BCUT2D eigenvalue weighted by Gasteiger charge is -2.04. The minimum absolute atomic E-state index is 0.159. The third-order valence-electron chi connectivity index (χ3n) is 2.32. The van der Waals surface area contributed by atoms with Crippen LogP contribution in [0.5, 0.6) is 0 Å². The summed E-state index contributed by atoms with van der Waals surface area (Å²) in [6.07, 6.45) is 5.03. The Bertz CT molecular complexity index is 320. The molecule has 2 heteroatoms. The Labute approximate surface area is 91.9 Å². The van der Waals surface area contributed by atoms with Crippen molar-refractivity contribution in [3.8, 4) is 0 Å². The smallest absolute Gasteiger partial charge is 0.139 e. The maximum atomic E-state index is 5.18. The molecule has 1 aromatic carbocycles. The molecule has 81 valence electrons. The highest BCUT2D eigenvalue weighted by Crippen LogP contribution is 2.04. The fourth-order valence-electron chi connectivity index (χ4n) is 1.10. The highest BCUT2D eigenvalue weighted by molar-refractivity contribution is 5.79. The van der Waals surface area contributed by atoms with Gasteiger partial charge in [0.1, 0.15) is 12.3 Å². The van der Waals surface area contributed by atoms with Crippen LogP contribution in [0.3, 0.4) is 0 Å². The molecule has 0 amide bonds. The van der Waals surface area contributed by atoms with Crippen LogP contribution in [-0.2, 0) is 11.3 Å². The topological polar surface area (TPSA) is 21.6 Å². The van der Waals surface area contributed by atoms with Crippen molar-refractivity contribution in [2.45, 2.75) is 39.7 Å². The van der Waals surface area contributed by atoms with Crippen molar-refractivity contribution in [2.75, 3.05) is 0 Å². The van der Waals surface area contributed by atoms with E-state index >= 15 is 0 Å². The van der Waals surface area contributed by atoms with E-state index in [0.29, 0.717) is 0 Å². The van der Waals surface area contributed by atoms with E-state index in [-0.39, 0.29) is 6.10 Å². The first kappa shape index (κ1) is 11.8. The van der Waals surface area contributed by atoms with Crippen LogP contribution in [-0.4, -0.2) is 12.3 Å². The van der Waals surface area contributed by atoms with Gasteiger partial charge in [-0.15, -0.1) is 0 Å². The van der Waals surface area contributed by atoms with Crippen LogP contribution in [0.4, 0.5) is 0 Å². The summed E-state index contributed by atoms with van der Waals surface area (Å²) in [5.41, 5.74) is 2.26. The molecule has 1 aromatic rings. The van der Waals surface area contributed by atoms with Gasteiger partial charge in [0.25, 0.3) is 0 Å². The quantitative estimate of drug-likeness (QED) is 0.533. The zero-order valence-electron chi connectivity index (χ0n) is 9.66. The van der Waals surface area contributed by atoms with Crippen molar-refractivity contribution in [2.24, 2.45) is 5.16 Å². The van der Waals surface area contributed by atoms with E-state index in [1.165, 1.54) is 5.56 Å². The predicted molar refractivity (Wildman–Crippen MR) is 63.2 cm³/mol. The lowest BCUT2D eigenvalue weighted by molar-refractivity contribution is 0.0712. The van der Waals surface area contributed by atoms with Crippen molar-refractivity contribution in [3.63, 3.8) is 0 Å². The van der Waals surface area contributed by atoms with Crippen molar-refractivity contribution in [1.29, 1.82) is 0 Å². The molecule has 0 saturated carbocycles. The third kappa shape index (κ3) is 4.15. The first-order valence-electron chi connectivity index (χ1n) is 5.47. The molecular weight excluding hydrogens is 186 g/mol. The van der Waals surface area contributed by atoms with Crippen LogP contribution in [0, 0.1) is 0 Å². The number of hydrogen-bond acceptors (Lipinski definition) is 2. The highest BCUT2D eigenvalue weighted by Gasteiger charge is 1.96.